The SMILES string of the molecule is O=[N+]([O-])c1cccc(C(F)(F)F)c1Cc1ccc(S(=O)(=O)[O-])cc1. The van der Waals surface area contributed by atoms with Crippen molar-refractivity contribution in [1.29, 1.82) is 0 Å². The number of benzene rings is 2. The molecule has 0 unspecified atom stereocenters. The molecule has 0 saturated carbocycles. The predicted molar refractivity (Wildman–Crippen MR) is 75.3 cm³/mol. The second kappa shape index (κ2) is 6.21. The van der Waals surface area contributed by atoms with E-state index in [1.807, 2.05) is 0 Å². The van der Waals surface area contributed by atoms with Crippen molar-refractivity contribution in [2.45, 2.75) is 17.5 Å². The van der Waals surface area contributed by atoms with E-state index in [1.54, 1.807) is 0 Å². The van der Waals surface area contributed by atoms with Crippen LogP contribution in [0.15, 0.2) is 47.4 Å². The molecule has 6 nitrogen and oxygen atoms in total. The van der Waals surface area contributed by atoms with E-state index in [4.69, 9.17) is 0 Å². The fourth-order valence-electron chi connectivity index (χ4n) is 2.18. The number of halogens is 3. The summed E-state index contributed by atoms with van der Waals surface area (Å²) < 4.78 is 71.7. The van der Waals surface area contributed by atoms with Crippen molar-refractivity contribution in [2.75, 3.05) is 0 Å². The van der Waals surface area contributed by atoms with Gasteiger partial charge in [0.25, 0.3) is 5.69 Å². The van der Waals surface area contributed by atoms with Gasteiger partial charge in [0.2, 0.25) is 0 Å². The van der Waals surface area contributed by atoms with E-state index in [0.717, 1.165) is 42.5 Å². The van der Waals surface area contributed by atoms with Crippen LogP contribution in [0.4, 0.5) is 18.9 Å². The fraction of sp³-hybridized carbons (Fsp3) is 0.143. The van der Waals surface area contributed by atoms with Crippen LogP contribution in [0.3, 0.4) is 0 Å². The Kier molecular flexibility index (Phi) is 4.63. The van der Waals surface area contributed by atoms with E-state index < -0.39 is 49.3 Å². The van der Waals surface area contributed by atoms with Crippen molar-refractivity contribution >= 4 is 15.8 Å². The first-order chi connectivity index (χ1) is 11.0. The molecular formula is C14H9F3NO5S-. The minimum atomic E-state index is -4.78. The van der Waals surface area contributed by atoms with Crippen molar-refractivity contribution in [3.8, 4) is 0 Å². The molecule has 0 aliphatic rings. The third-order valence-electron chi connectivity index (χ3n) is 3.25. The Balaban J connectivity index is 2.50. The van der Waals surface area contributed by atoms with Gasteiger partial charge in [0.1, 0.15) is 10.1 Å². The summed E-state index contributed by atoms with van der Waals surface area (Å²) in [5, 5.41) is 11.0. The maximum absolute atomic E-state index is 13.1. The second-order valence-corrected chi connectivity index (χ2v) is 6.21. The van der Waals surface area contributed by atoms with Crippen molar-refractivity contribution in [3.63, 3.8) is 0 Å². The minimum Gasteiger partial charge on any atom is -0.744 e. The Morgan fingerprint density at radius 2 is 1.62 bits per heavy atom. The maximum atomic E-state index is 13.1. The van der Waals surface area contributed by atoms with Crippen LogP contribution in [-0.4, -0.2) is 17.9 Å². The van der Waals surface area contributed by atoms with Crippen LogP contribution in [0.5, 0.6) is 0 Å². The van der Waals surface area contributed by atoms with Crippen LogP contribution >= 0.6 is 0 Å². The average molecular weight is 360 g/mol. The van der Waals surface area contributed by atoms with E-state index >= 15 is 0 Å². The third kappa shape index (κ3) is 3.89. The first-order valence-corrected chi connectivity index (χ1v) is 7.79. The molecule has 0 spiro atoms. The van der Waals surface area contributed by atoms with E-state index in [9.17, 15) is 36.3 Å². The molecule has 0 N–H and O–H groups in total. The Hall–Kier alpha value is -2.46. The molecule has 24 heavy (non-hydrogen) atoms. The van der Waals surface area contributed by atoms with Gasteiger partial charge in [-0.25, -0.2) is 8.42 Å². The third-order valence-corrected chi connectivity index (χ3v) is 4.10. The Morgan fingerprint density at radius 3 is 2.08 bits per heavy atom. The summed E-state index contributed by atoms with van der Waals surface area (Å²) in [6, 6.07) is 6.81. The normalized spacial score (nSPS) is 12.2. The van der Waals surface area contributed by atoms with Crippen LogP contribution in [0, 0.1) is 10.1 Å². The zero-order chi connectivity index (χ0) is 18.1. The lowest BCUT2D eigenvalue weighted by Crippen LogP contribution is -2.11. The average Bonchev–Trinajstić information content (AvgIpc) is 2.45. The summed E-state index contributed by atoms with van der Waals surface area (Å²) in [6.45, 7) is 0. The first kappa shape index (κ1) is 17.9. The van der Waals surface area contributed by atoms with Crippen LogP contribution in [0.2, 0.25) is 0 Å². The maximum Gasteiger partial charge on any atom is 0.416 e. The number of nitro benzene ring substituents is 1. The molecule has 0 atom stereocenters. The molecule has 0 aromatic heterocycles. The van der Waals surface area contributed by atoms with E-state index in [-0.39, 0.29) is 5.56 Å². The molecule has 0 aliphatic carbocycles. The summed E-state index contributed by atoms with van der Waals surface area (Å²) in [6.07, 6.45) is -5.22. The highest BCUT2D eigenvalue weighted by Crippen LogP contribution is 2.37. The molecule has 2 rings (SSSR count). The van der Waals surface area contributed by atoms with E-state index in [0.29, 0.717) is 0 Å². The Morgan fingerprint density at radius 1 is 1.04 bits per heavy atom. The highest BCUT2D eigenvalue weighted by Gasteiger charge is 2.36. The van der Waals surface area contributed by atoms with Crippen LogP contribution in [-0.2, 0) is 22.7 Å². The minimum absolute atomic E-state index is 0.196. The van der Waals surface area contributed by atoms with Crippen LogP contribution < -0.4 is 0 Å². The van der Waals surface area contributed by atoms with Gasteiger partial charge in [0.05, 0.1) is 15.4 Å². The zero-order valence-electron chi connectivity index (χ0n) is 11.8. The molecule has 0 heterocycles. The topological polar surface area (TPSA) is 100 Å². The van der Waals surface area contributed by atoms with Crippen molar-refractivity contribution < 1.29 is 31.1 Å². The molecule has 0 saturated heterocycles. The summed E-state index contributed by atoms with van der Waals surface area (Å²) in [5.74, 6) is 0. The highest BCUT2D eigenvalue weighted by atomic mass is 32.2. The number of nitrogens with zero attached hydrogens (tertiary/aromatic N) is 1. The van der Waals surface area contributed by atoms with E-state index in [1.165, 1.54) is 0 Å². The quantitative estimate of drug-likeness (QED) is 0.474. The summed E-state index contributed by atoms with van der Waals surface area (Å²) in [4.78, 5) is 9.54. The predicted octanol–water partition coefficient (Wildman–Crippen LogP) is 3.11. The molecule has 0 aliphatic heterocycles. The molecule has 0 radical (unpaired) electrons. The van der Waals surface area contributed by atoms with Crippen LogP contribution in [0.25, 0.3) is 0 Å². The lowest BCUT2D eigenvalue weighted by atomic mass is 9.97. The van der Waals surface area contributed by atoms with Crippen molar-refractivity contribution in [2.24, 2.45) is 0 Å². The monoisotopic (exact) mass is 360 g/mol. The van der Waals surface area contributed by atoms with Gasteiger partial charge in [-0.2, -0.15) is 13.2 Å². The van der Waals surface area contributed by atoms with Crippen LogP contribution in [0.1, 0.15) is 16.7 Å². The molecule has 2 aromatic carbocycles. The lowest BCUT2D eigenvalue weighted by molar-refractivity contribution is -0.385. The molecular weight excluding hydrogens is 351 g/mol. The Labute approximate surface area is 134 Å². The van der Waals surface area contributed by atoms with Gasteiger partial charge in [-0.05, 0) is 23.8 Å². The van der Waals surface area contributed by atoms with Crippen molar-refractivity contribution in [1.82, 2.24) is 0 Å². The molecule has 0 bridgehead atoms. The highest BCUT2D eigenvalue weighted by molar-refractivity contribution is 7.85. The number of hydrogen-bond donors (Lipinski definition) is 0. The lowest BCUT2D eigenvalue weighted by Gasteiger charge is -2.13. The molecule has 2 aromatic rings. The van der Waals surface area contributed by atoms with Gasteiger partial charge >= 0.3 is 6.18 Å². The molecule has 0 fully saturated rings. The molecule has 128 valence electrons. The summed E-state index contributed by atoms with van der Waals surface area (Å²) >= 11 is 0. The zero-order valence-corrected chi connectivity index (χ0v) is 12.6. The summed E-state index contributed by atoms with van der Waals surface area (Å²) in [5.41, 5.74) is -2.17. The van der Waals surface area contributed by atoms with Gasteiger partial charge < -0.3 is 4.55 Å². The number of hydrogen-bond acceptors (Lipinski definition) is 5. The second-order valence-electron chi connectivity index (χ2n) is 4.83. The number of nitro groups is 1. The smallest absolute Gasteiger partial charge is 0.416 e. The largest absolute Gasteiger partial charge is 0.744 e. The van der Waals surface area contributed by atoms with Gasteiger partial charge in [-0.15, -0.1) is 0 Å². The van der Waals surface area contributed by atoms with Gasteiger partial charge in [0, 0.05) is 18.1 Å². The Bertz CT molecular complexity index is 876. The molecule has 10 heteroatoms. The summed E-state index contributed by atoms with van der Waals surface area (Å²) in [7, 11) is -4.68. The van der Waals surface area contributed by atoms with E-state index in [2.05, 4.69) is 0 Å². The number of alkyl halides is 3. The van der Waals surface area contributed by atoms with Gasteiger partial charge in [-0.1, -0.05) is 18.2 Å². The first-order valence-electron chi connectivity index (χ1n) is 6.38. The van der Waals surface area contributed by atoms with Crippen molar-refractivity contribution in [3.05, 3.63) is 69.3 Å². The van der Waals surface area contributed by atoms with Gasteiger partial charge in [-0.3, -0.25) is 10.1 Å². The number of rotatable bonds is 4. The van der Waals surface area contributed by atoms with Gasteiger partial charge in [0.15, 0.2) is 0 Å². The standard InChI is InChI=1S/C14H10F3NO5S/c15-14(16,17)12-2-1-3-13(18(19)20)11(12)8-9-4-6-10(7-5-9)24(21,22)23/h1-7H,8H2,(H,21,22,23)/p-1. The molecule has 0 amide bonds. The fourth-order valence-corrected chi connectivity index (χ4v) is 2.64.